The minimum absolute atomic E-state index is 0.424. The Bertz CT molecular complexity index is 577. The van der Waals surface area contributed by atoms with Gasteiger partial charge in [0, 0.05) is 21.7 Å². The van der Waals surface area contributed by atoms with Crippen molar-refractivity contribution < 1.29 is 4.74 Å². The summed E-state index contributed by atoms with van der Waals surface area (Å²) in [5.41, 5.74) is 7.22. The first kappa shape index (κ1) is 14.1. The van der Waals surface area contributed by atoms with Crippen molar-refractivity contribution in [1.29, 1.82) is 0 Å². The molecular formula is C17H23NOS. The van der Waals surface area contributed by atoms with Gasteiger partial charge in [0.1, 0.15) is 0 Å². The zero-order valence-electron chi connectivity index (χ0n) is 12.1. The summed E-state index contributed by atoms with van der Waals surface area (Å²) in [6, 6.07) is 8.55. The number of benzene rings is 1. The topological polar surface area (TPSA) is 35.2 Å². The third-order valence-corrected chi connectivity index (χ3v) is 5.68. The molecule has 2 atom stereocenters. The molecule has 3 rings (SSSR count). The van der Waals surface area contributed by atoms with Crippen LogP contribution in [0, 0.1) is 5.92 Å². The number of thiophene rings is 1. The van der Waals surface area contributed by atoms with Crippen molar-refractivity contribution in [3.63, 3.8) is 0 Å². The van der Waals surface area contributed by atoms with Crippen LogP contribution in [0.1, 0.15) is 43.0 Å². The van der Waals surface area contributed by atoms with Crippen LogP contribution in [0.5, 0.6) is 0 Å². The maximum atomic E-state index is 6.24. The molecule has 2 unspecified atom stereocenters. The Morgan fingerprint density at radius 1 is 1.25 bits per heavy atom. The van der Waals surface area contributed by atoms with Gasteiger partial charge in [-0.05, 0) is 30.2 Å². The highest BCUT2D eigenvalue weighted by Gasteiger charge is 2.22. The second kappa shape index (κ2) is 6.25. The van der Waals surface area contributed by atoms with E-state index in [1.54, 1.807) is 11.3 Å². The van der Waals surface area contributed by atoms with Crippen LogP contribution < -0.4 is 5.73 Å². The van der Waals surface area contributed by atoms with Crippen LogP contribution in [-0.2, 0) is 17.9 Å². The molecule has 1 aliphatic carbocycles. The van der Waals surface area contributed by atoms with Crippen LogP contribution in [0.15, 0.2) is 24.3 Å². The zero-order valence-corrected chi connectivity index (χ0v) is 12.9. The number of hydrogen-bond donors (Lipinski definition) is 1. The zero-order chi connectivity index (χ0) is 13.9. The van der Waals surface area contributed by atoms with Gasteiger partial charge in [0.05, 0.1) is 12.7 Å². The number of ether oxygens (including phenoxy) is 1. The van der Waals surface area contributed by atoms with E-state index in [4.69, 9.17) is 10.5 Å². The van der Waals surface area contributed by atoms with Crippen molar-refractivity contribution in [2.75, 3.05) is 0 Å². The van der Waals surface area contributed by atoms with E-state index in [-0.39, 0.29) is 0 Å². The van der Waals surface area contributed by atoms with Gasteiger partial charge >= 0.3 is 0 Å². The summed E-state index contributed by atoms with van der Waals surface area (Å²) in [6.07, 6.45) is 5.60. The number of hydrogen-bond acceptors (Lipinski definition) is 3. The highest BCUT2D eigenvalue weighted by molar-refractivity contribution is 7.19. The van der Waals surface area contributed by atoms with Crippen molar-refractivity contribution in [3.05, 3.63) is 34.7 Å². The number of fused-ring (bicyclic) bond motifs is 1. The Kier molecular flexibility index (Phi) is 4.39. The van der Waals surface area contributed by atoms with E-state index in [0.717, 1.165) is 0 Å². The van der Waals surface area contributed by atoms with Crippen molar-refractivity contribution in [1.82, 2.24) is 0 Å². The lowest BCUT2D eigenvalue weighted by Gasteiger charge is -2.28. The molecule has 0 aliphatic heterocycles. The van der Waals surface area contributed by atoms with Gasteiger partial charge in [0.2, 0.25) is 0 Å². The molecule has 0 radical (unpaired) electrons. The second-order valence-corrected chi connectivity index (χ2v) is 6.95. The van der Waals surface area contributed by atoms with Crippen molar-refractivity contribution in [3.8, 4) is 0 Å². The summed E-state index contributed by atoms with van der Waals surface area (Å²) in [5.74, 6) is 0.690. The van der Waals surface area contributed by atoms with Gasteiger partial charge in [-0.15, -0.1) is 11.3 Å². The van der Waals surface area contributed by atoms with E-state index in [0.29, 0.717) is 25.2 Å². The van der Waals surface area contributed by atoms with Gasteiger partial charge in [0.15, 0.2) is 0 Å². The first-order valence-electron chi connectivity index (χ1n) is 7.60. The van der Waals surface area contributed by atoms with Gasteiger partial charge in [-0.1, -0.05) is 38.0 Å². The molecule has 0 saturated heterocycles. The highest BCUT2D eigenvalue weighted by Crippen LogP contribution is 2.33. The summed E-state index contributed by atoms with van der Waals surface area (Å²) in [6.45, 7) is 3.64. The summed E-state index contributed by atoms with van der Waals surface area (Å²) < 4.78 is 7.56. The fourth-order valence-electron chi connectivity index (χ4n) is 3.19. The van der Waals surface area contributed by atoms with Crippen LogP contribution in [0.25, 0.3) is 10.1 Å². The van der Waals surface area contributed by atoms with Gasteiger partial charge in [-0.25, -0.2) is 0 Å². The molecule has 0 bridgehead atoms. The normalized spacial score (nSPS) is 23.3. The predicted octanol–water partition coefficient (Wildman–Crippen LogP) is 4.46. The lowest BCUT2D eigenvalue weighted by molar-refractivity contribution is -0.0151. The Morgan fingerprint density at radius 3 is 2.85 bits per heavy atom. The minimum atomic E-state index is 0.424. The van der Waals surface area contributed by atoms with Gasteiger partial charge < -0.3 is 10.5 Å². The van der Waals surface area contributed by atoms with Crippen molar-refractivity contribution in [2.45, 2.75) is 51.9 Å². The average molecular weight is 289 g/mol. The van der Waals surface area contributed by atoms with Gasteiger partial charge in [-0.2, -0.15) is 0 Å². The molecule has 1 aromatic carbocycles. The molecule has 1 aliphatic rings. The van der Waals surface area contributed by atoms with Crippen molar-refractivity contribution in [2.24, 2.45) is 11.7 Å². The molecule has 3 heteroatoms. The summed E-state index contributed by atoms with van der Waals surface area (Å²) in [5, 5.41) is 1.32. The first-order valence-corrected chi connectivity index (χ1v) is 8.42. The summed E-state index contributed by atoms with van der Waals surface area (Å²) in [4.78, 5) is 1.27. The molecule has 2 N–H and O–H groups in total. The molecule has 108 valence electrons. The van der Waals surface area contributed by atoms with E-state index in [1.807, 2.05) is 0 Å². The molecular weight excluding hydrogens is 266 g/mol. The second-order valence-electron chi connectivity index (χ2n) is 5.82. The van der Waals surface area contributed by atoms with E-state index in [1.165, 1.54) is 46.2 Å². The fourth-order valence-corrected chi connectivity index (χ4v) is 4.28. The summed E-state index contributed by atoms with van der Waals surface area (Å²) in [7, 11) is 0. The molecule has 2 nitrogen and oxygen atoms in total. The van der Waals surface area contributed by atoms with Crippen molar-refractivity contribution >= 4 is 21.4 Å². The molecule has 2 aromatic rings. The lowest BCUT2D eigenvalue weighted by Crippen LogP contribution is -2.25. The van der Waals surface area contributed by atoms with Crippen LogP contribution in [0.4, 0.5) is 0 Å². The largest absolute Gasteiger partial charge is 0.373 e. The molecule has 1 aromatic heterocycles. The quantitative estimate of drug-likeness (QED) is 0.902. The van der Waals surface area contributed by atoms with Gasteiger partial charge in [-0.3, -0.25) is 0 Å². The average Bonchev–Trinajstić information content (AvgIpc) is 2.84. The molecule has 1 fully saturated rings. The van der Waals surface area contributed by atoms with E-state index in [9.17, 15) is 0 Å². The first-order chi connectivity index (χ1) is 9.79. The molecule has 1 heterocycles. The molecule has 0 amide bonds. The Balaban J connectivity index is 1.79. The maximum Gasteiger partial charge on any atom is 0.0738 e. The van der Waals surface area contributed by atoms with E-state index < -0.39 is 0 Å². The molecule has 1 saturated carbocycles. The standard InChI is InChI=1S/C17H23NOS/c1-12-6-2-4-8-15(12)19-11-14-13-7-3-5-9-16(13)20-17(14)10-18/h3,5,7,9,12,15H,2,4,6,8,10-11,18H2,1H3. The van der Waals surface area contributed by atoms with Gasteiger partial charge in [0.25, 0.3) is 0 Å². The highest BCUT2D eigenvalue weighted by atomic mass is 32.1. The third-order valence-electron chi connectivity index (χ3n) is 4.44. The maximum absolute atomic E-state index is 6.24. The number of nitrogens with two attached hydrogens (primary N) is 1. The van der Waals surface area contributed by atoms with Crippen LogP contribution in [0.2, 0.25) is 0 Å². The minimum Gasteiger partial charge on any atom is -0.373 e. The SMILES string of the molecule is CC1CCCCC1OCc1c(CN)sc2ccccc12. The fraction of sp³-hybridized carbons (Fsp3) is 0.529. The van der Waals surface area contributed by atoms with E-state index >= 15 is 0 Å². The van der Waals surface area contributed by atoms with Crippen LogP contribution in [0.3, 0.4) is 0 Å². The Morgan fingerprint density at radius 2 is 2.05 bits per heavy atom. The third kappa shape index (κ3) is 2.76. The Hall–Kier alpha value is -0.900. The Labute approximate surface area is 124 Å². The van der Waals surface area contributed by atoms with E-state index in [2.05, 4.69) is 31.2 Å². The van der Waals surface area contributed by atoms with Crippen LogP contribution in [-0.4, -0.2) is 6.10 Å². The molecule has 20 heavy (non-hydrogen) atoms. The smallest absolute Gasteiger partial charge is 0.0738 e. The molecule has 0 spiro atoms. The lowest BCUT2D eigenvalue weighted by atomic mass is 9.88. The predicted molar refractivity (Wildman–Crippen MR) is 85.9 cm³/mol. The van der Waals surface area contributed by atoms with Crippen LogP contribution >= 0.6 is 11.3 Å². The number of rotatable bonds is 4. The monoisotopic (exact) mass is 289 g/mol. The summed E-state index contributed by atoms with van der Waals surface area (Å²) >= 11 is 1.81.